The fourth-order valence-corrected chi connectivity index (χ4v) is 0.630. The summed E-state index contributed by atoms with van der Waals surface area (Å²) < 4.78 is 4.43. The van der Waals surface area contributed by atoms with Crippen molar-refractivity contribution in [1.82, 2.24) is 0 Å². The molecular formula is C4H7O3U. The van der Waals surface area contributed by atoms with E-state index in [2.05, 4.69) is 2.24 Å². The van der Waals surface area contributed by atoms with E-state index in [1.165, 1.54) is 0 Å². The average Bonchev–Trinajstić information content (AvgIpc) is 1.65. The first-order chi connectivity index (χ1) is 3.66. The Bertz CT molecular complexity index is 81.4. The van der Waals surface area contributed by atoms with Gasteiger partial charge in [-0.05, 0) is 0 Å². The molecule has 1 unspecified atom stereocenters. The molecule has 0 aliphatic carbocycles. The Morgan fingerprint density at radius 1 is 2.00 bits per heavy atom. The maximum atomic E-state index is 10.3. The van der Waals surface area contributed by atoms with E-state index in [0.717, 1.165) is 0 Å². The summed E-state index contributed by atoms with van der Waals surface area (Å²) in [6.07, 6.45) is -0.446. The molecule has 1 atom stereocenters. The Morgan fingerprint density at radius 2 is 2.50 bits per heavy atom. The van der Waals surface area contributed by atoms with Crippen LogP contribution in [0.25, 0.3) is 0 Å². The normalized spacial score (nSPS) is 13.0. The summed E-state index contributed by atoms with van der Waals surface area (Å²) in [7, 11) is 0. The van der Waals surface area contributed by atoms with E-state index in [1.54, 1.807) is 6.92 Å². The van der Waals surface area contributed by atoms with Crippen molar-refractivity contribution in [3.05, 3.63) is 0 Å². The molecule has 0 aliphatic rings. The molecule has 0 aromatic carbocycles. The van der Waals surface area contributed by atoms with E-state index in [-0.39, 0.29) is 42.3 Å². The molecule has 4 heteroatoms. The van der Waals surface area contributed by atoms with E-state index < -0.39 is 6.10 Å². The van der Waals surface area contributed by atoms with Crippen molar-refractivity contribution in [3.63, 3.8) is 0 Å². The third-order valence-electron chi connectivity index (χ3n) is 0.576. The van der Waals surface area contributed by atoms with Gasteiger partial charge >= 0.3 is 67.5 Å². The van der Waals surface area contributed by atoms with Crippen molar-refractivity contribution in [2.45, 2.75) is 19.4 Å². The van der Waals surface area contributed by atoms with Crippen LogP contribution in [0, 0.1) is 29.9 Å². The molecule has 0 spiro atoms. The van der Waals surface area contributed by atoms with Crippen LogP contribution in [0.2, 0.25) is 0 Å². The molecule has 45 valence electrons. The molecule has 0 fully saturated rings. The fourth-order valence-electron chi connectivity index (χ4n) is 0.283. The first-order valence-electron chi connectivity index (χ1n) is 2.21. The van der Waals surface area contributed by atoms with Gasteiger partial charge in [0.05, 0.1) is 0 Å². The number of hydrogen-bond donors (Lipinski definition) is 1. The Morgan fingerprint density at radius 3 is 2.62 bits per heavy atom. The molecular weight excluding hydrogens is 334 g/mol. The maximum absolute atomic E-state index is 10.3. The van der Waals surface area contributed by atoms with Crippen molar-refractivity contribution >= 4 is 5.97 Å². The number of carbonyl (C=O) groups excluding carboxylic acids is 1. The predicted molar refractivity (Wildman–Crippen MR) is 22.4 cm³/mol. The molecule has 0 aromatic rings. The van der Waals surface area contributed by atoms with Crippen molar-refractivity contribution in [2.24, 2.45) is 0 Å². The summed E-state index contributed by atoms with van der Waals surface area (Å²) in [5, 5.41) is 8.57. The first-order valence-corrected chi connectivity index (χ1v) is 3.91. The van der Waals surface area contributed by atoms with Crippen LogP contribution < -0.4 is 0 Å². The molecule has 0 amide bonds. The topological polar surface area (TPSA) is 46.5 Å². The second kappa shape index (κ2) is 4.37. The molecule has 0 aliphatic heterocycles. The summed E-state index contributed by atoms with van der Waals surface area (Å²) in [4.78, 5) is 10.3. The first kappa shape index (κ1) is 8.48. The number of aliphatic hydroxyl groups is 1. The van der Waals surface area contributed by atoms with Crippen LogP contribution in [0.1, 0.15) is 13.3 Å². The third kappa shape index (κ3) is 4.64. The molecule has 8 heavy (non-hydrogen) atoms. The molecule has 0 radical (unpaired) electrons. The monoisotopic (exact) mass is 341 g/mol. The Balaban J connectivity index is 3.25. The number of aliphatic hydroxyl groups excluding tert-OH is 1. The summed E-state index contributed by atoms with van der Waals surface area (Å²) in [6, 6.07) is 0. The van der Waals surface area contributed by atoms with Gasteiger partial charge in [-0.15, -0.1) is 0 Å². The standard InChI is InChI=1S/C4H8O3.U/c1-3(5)2-4(6)7;/h3,5H,2H2,1H3,(H,6,7);/q;+1/p-1. The minimum atomic E-state index is -0.568. The number of hydrogen-bond acceptors (Lipinski definition) is 3. The van der Waals surface area contributed by atoms with Crippen LogP contribution in [-0.2, 0) is 7.04 Å². The molecule has 0 aromatic heterocycles. The fraction of sp³-hybridized carbons (Fsp3) is 0.750. The van der Waals surface area contributed by atoms with Crippen LogP contribution >= 0.6 is 0 Å². The van der Waals surface area contributed by atoms with Gasteiger partial charge in [0, 0.05) is 0 Å². The Labute approximate surface area is 67.4 Å². The Hall–Kier alpha value is 0.482. The zero-order valence-electron chi connectivity index (χ0n) is 4.55. The summed E-state index contributed by atoms with van der Waals surface area (Å²) in [5.74, 6) is -0.300. The van der Waals surface area contributed by atoms with Gasteiger partial charge in [0.15, 0.2) is 0 Å². The van der Waals surface area contributed by atoms with Gasteiger partial charge in [-0.25, -0.2) is 0 Å². The van der Waals surface area contributed by atoms with E-state index in [0.29, 0.717) is 0 Å². The Kier molecular flexibility index (Phi) is 4.63. The molecule has 1 N–H and O–H groups in total. The van der Waals surface area contributed by atoms with Gasteiger partial charge in [0.1, 0.15) is 0 Å². The molecule has 0 rings (SSSR count). The zero-order chi connectivity index (χ0) is 6.57. The average molecular weight is 341 g/mol. The molecule has 0 saturated carbocycles. The number of rotatable bonds is 2. The van der Waals surface area contributed by atoms with Crippen molar-refractivity contribution in [3.8, 4) is 0 Å². The van der Waals surface area contributed by atoms with Crippen LogP contribution in [0.15, 0.2) is 0 Å². The second-order valence-corrected chi connectivity index (χ2v) is 2.38. The molecule has 0 heterocycles. The molecule has 0 saturated heterocycles. The van der Waals surface area contributed by atoms with Crippen molar-refractivity contribution in [2.75, 3.05) is 0 Å². The van der Waals surface area contributed by atoms with E-state index in [1.807, 2.05) is 0 Å². The van der Waals surface area contributed by atoms with Crippen molar-refractivity contribution < 1.29 is 42.1 Å². The van der Waals surface area contributed by atoms with Gasteiger partial charge in [-0.1, -0.05) is 0 Å². The quantitative estimate of drug-likeness (QED) is 0.755. The molecule has 0 bridgehead atoms. The van der Waals surface area contributed by atoms with Crippen LogP contribution in [0.4, 0.5) is 0 Å². The predicted octanol–water partition coefficient (Wildman–Crippen LogP) is -0.235. The van der Waals surface area contributed by atoms with E-state index in [4.69, 9.17) is 5.11 Å². The van der Waals surface area contributed by atoms with Gasteiger partial charge in [-0.3, -0.25) is 0 Å². The van der Waals surface area contributed by atoms with Crippen LogP contribution in [-0.4, -0.2) is 17.2 Å². The summed E-state index contributed by atoms with van der Waals surface area (Å²) >= 11 is 0.231. The van der Waals surface area contributed by atoms with Gasteiger partial charge in [0.2, 0.25) is 0 Å². The van der Waals surface area contributed by atoms with Crippen LogP contribution in [0.3, 0.4) is 0 Å². The minimum absolute atomic E-state index is 0.122. The molecule has 3 nitrogen and oxygen atoms in total. The SMILES string of the molecule is CC(O)CC(=O)[O][U]. The van der Waals surface area contributed by atoms with Gasteiger partial charge < -0.3 is 0 Å². The van der Waals surface area contributed by atoms with E-state index >= 15 is 0 Å². The second-order valence-electron chi connectivity index (χ2n) is 1.53. The van der Waals surface area contributed by atoms with Crippen molar-refractivity contribution in [1.29, 1.82) is 0 Å². The summed E-state index contributed by atoms with van der Waals surface area (Å²) in [6.45, 7) is 1.56. The summed E-state index contributed by atoms with van der Waals surface area (Å²) in [5.41, 5.74) is 0. The third-order valence-corrected chi connectivity index (χ3v) is 1.52. The van der Waals surface area contributed by atoms with E-state index in [9.17, 15) is 4.79 Å². The van der Waals surface area contributed by atoms with Crippen LogP contribution in [0.5, 0.6) is 0 Å². The van der Waals surface area contributed by atoms with Gasteiger partial charge in [-0.2, -0.15) is 0 Å². The number of carbonyl (C=O) groups is 1. The zero-order valence-corrected chi connectivity index (χ0v) is 8.71. The van der Waals surface area contributed by atoms with Gasteiger partial charge in [0.25, 0.3) is 0 Å².